The normalized spacial score (nSPS) is 14.9. The minimum atomic E-state index is -0.127. The van der Waals surface area contributed by atoms with Crippen molar-refractivity contribution in [2.24, 2.45) is 0 Å². The molecule has 1 N–H and O–H groups in total. The molecule has 4 rings (SSSR count). The van der Waals surface area contributed by atoms with E-state index in [9.17, 15) is 9.59 Å². The number of rotatable bonds is 4. The number of benzene rings is 2. The zero-order valence-corrected chi connectivity index (χ0v) is 17.1. The molecule has 3 aromatic rings. The van der Waals surface area contributed by atoms with Gasteiger partial charge in [0.25, 0.3) is 11.5 Å². The van der Waals surface area contributed by atoms with Gasteiger partial charge in [-0.3, -0.25) is 9.59 Å². The Bertz CT molecular complexity index is 1050. The van der Waals surface area contributed by atoms with E-state index in [1.807, 2.05) is 42.5 Å². The molecule has 2 aromatic carbocycles. The first-order chi connectivity index (χ1) is 13.6. The van der Waals surface area contributed by atoms with Gasteiger partial charge < -0.3 is 5.32 Å². The fraction of sp³-hybridized carbons (Fsp3) is 0.318. The number of amides is 1. The Morgan fingerprint density at radius 2 is 1.71 bits per heavy atom. The second kappa shape index (κ2) is 8.27. The molecule has 28 heavy (non-hydrogen) atoms. The van der Waals surface area contributed by atoms with E-state index < -0.39 is 0 Å². The molecule has 0 aliphatic heterocycles. The van der Waals surface area contributed by atoms with Crippen LogP contribution in [0, 0.1) is 0 Å². The number of fused-ring (bicyclic) bond motifs is 1. The van der Waals surface area contributed by atoms with Crippen molar-refractivity contribution in [1.82, 2.24) is 15.1 Å². The molecule has 0 atom stereocenters. The molecule has 1 fully saturated rings. The Balaban J connectivity index is 1.50. The Morgan fingerprint density at radius 3 is 2.43 bits per heavy atom. The maximum atomic E-state index is 12.7. The SMILES string of the molecule is O=C(NC1CCCCC1)c1ccc(Cn2nc(Br)c3ccccc3c2=O)cc1. The molecule has 0 spiro atoms. The van der Waals surface area contributed by atoms with E-state index in [0.29, 0.717) is 28.1 Å². The van der Waals surface area contributed by atoms with Gasteiger partial charge in [-0.15, -0.1) is 0 Å². The molecule has 0 radical (unpaired) electrons. The van der Waals surface area contributed by atoms with E-state index in [1.54, 1.807) is 6.07 Å². The molecular weight excluding hydrogens is 418 g/mol. The van der Waals surface area contributed by atoms with Gasteiger partial charge in [0.15, 0.2) is 0 Å². The van der Waals surface area contributed by atoms with E-state index in [1.165, 1.54) is 23.9 Å². The minimum absolute atomic E-state index is 0.0257. The summed E-state index contributed by atoms with van der Waals surface area (Å²) in [6, 6.07) is 15.1. The van der Waals surface area contributed by atoms with Crippen molar-refractivity contribution in [3.8, 4) is 0 Å². The van der Waals surface area contributed by atoms with Crippen LogP contribution >= 0.6 is 15.9 Å². The molecule has 0 bridgehead atoms. The van der Waals surface area contributed by atoms with Crippen molar-refractivity contribution in [3.63, 3.8) is 0 Å². The van der Waals surface area contributed by atoms with E-state index in [0.717, 1.165) is 23.8 Å². The van der Waals surface area contributed by atoms with E-state index in [-0.39, 0.29) is 11.5 Å². The lowest BCUT2D eigenvalue weighted by atomic mass is 9.95. The van der Waals surface area contributed by atoms with Crippen LogP contribution in [-0.2, 0) is 6.54 Å². The molecule has 5 nitrogen and oxygen atoms in total. The number of nitrogens with zero attached hydrogens (tertiary/aromatic N) is 2. The molecule has 0 unspecified atom stereocenters. The molecule has 1 aliphatic carbocycles. The van der Waals surface area contributed by atoms with Gasteiger partial charge >= 0.3 is 0 Å². The number of hydrogen-bond acceptors (Lipinski definition) is 3. The molecule has 1 aromatic heterocycles. The number of hydrogen-bond donors (Lipinski definition) is 1. The number of carbonyl (C=O) groups excluding carboxylic acids is 1. The monoisotopic (exact) mass is 439 g/mol. The van der Waals surface area contributed by atoms with Gasteiger partial charge in [0.2, 0.25) is 0 Å². The lowest BCUT2D eigenvalue weighted by Crippen LogP contribution is -2.36. The van der Waals surface area contributed by atoms with Crippen molar-refractivity contribution in [1.29, 1.82) is 0 Å². The highest BCUT2D eigenvalue weighted by Crippen LogP contribution is 2.19. The zero-order valence-electron chi connectivity index (χ0n) is 15.5. The summed E-state index contributed by atoms with van der Waals surface area (Å²) in [5.41, 5.74) is 1.44. The number of aromatic nitrogens is 2. The van der Waals surface area contributed by atoms with Crippen LogP contribution in [0.3, 0.4) is 0 Å². The van der Waals surface area contributed by atoms with Crippen molar-refractivity contribution in [2.75, 3.05) is 0 Å². The van der Waals surface area contributed by atoms with E-state index >= 15 is 0 Å². The van der Waals surface area contributed by atoms with Crippen LogP contribution < -0.4 is 10.9 Å². The Kier molecular flexibility index (Phi) is 5.57. The van der Waals surface area contributed by atoms with Crippen LogP contribution in [-0.4, -0.2) is 21.7 Å². The topological polar surface area (TPSA) is 64.0 Å². The zero-order chi connectivity index (χ0) is 19.5. The van der Waals surface area contributed by atoms with Crippen molar-refractivity contribution in [3.05, 3.63) is 74.6 Å². The fourth-order valence-corrected chi connectivity index (χ4v) is 4.29. The average Bonchev–Trinajstić information content (AvgIpc) is 2.73. The summed E-state index contributed by atoms with van der Waals surface area (Å²) < 4.78 is 2.09. The Hall–Kier alpha value is -2.47. The largest absolute Gasteiger partial charge is 0.349 e. The quantitative estimate of drug-likeness (QED) is 0.659. The maximum absolute atomic E-state index is 12.7. The highest BCUT2D eigenvalue weighted by molar-refractivity contribution is 9.10. The highest BCUT2D eigenvalue weighted by atomic mass is 79.9. The third kappa shape index (κ3) is 4.02. The molecule has 1 heterocycles. The van der Waals surface area contributed by atoms with Crippen molar-refractivity contribution < 1.29 is 4.79 Å². The van der Waals surface area contributed by atoms with Crippen molar-refractivity contribution >= 4 is 32.6 Å². The van der Waals surface area contributed by atoms with Crippen LogP contribution in [0.5, 0.6) is 0 Å². The summed E-state index contributed by atoms with van der Waals surface area (Å²) in [7, 11) is 0. The van der Waals surface area contributed by atoms with Crippen molar-refractivity contribution in [2.45, 2.75) is 44.7 Å². The third-order valence-electron chi connectivity index (χ3n) is 5.31. The average molecular weight is 440 g/mol. The third-order valence-corrected chi connectivity index (χ3v) is 5.90. The lowest BCUT2D eigenvalue weighted by molar-refractivity contribution is 0.0927. The Labute approximate surface area is 171 Å². The van der Waals surface area contributed by atoms with Crippen LogP contribution in [0.1, 0.15) is 48.0 Å². The highest BCUT2D eigenvalue weighted by Gasteiger charge is 2.16. The summed E-state index contributed by atoms with van der Waals surface area (Å²) in [6.07, 6.45) is 5.77. The van der Waals surface area contributed by atoms with Crippen LogP contribution in [0.4, 0.5) is 0 Å². The smallest absolute Gasteiger partial charge is 0.275 e. The summed E-state index contributed by atoms with van der Waals surface area (Å²) in [5.74, 6) is -0.0257. The summed E-state index contributed by atoms with van der Waals surface area (Å²) >= 11 is 3.45. The molecule has 1 saturated carbocycles. The van der Waals surface area contributed by atoms with Gasteiger partial charge in [-0.05, 0) is 52.5 Å². The molecule has 1 amide bonds. The second-order valence-electron chi connectivity index (χ2n) is 7.30. The van der Waals surface area contributed by atoms with E-state index in [2.05, 4.69) is 26.3 Å². The number of carbonyl (C=O) groups is 1. The van der Waals surface area contributed by atoms with Gasteiger partial charge in [-0.25, -0.2) is 4.68 Å². The van der Waals surface area contributed by atoms with Crippen LogP contribution in [0.25, 0.3) is 10.8 Å². The predicted molar refractivity (Wildman–Crippen MR) is 114 cm³/mol. The first-order valence-corrected chi connectivity index (χ1v) is 10.5. The van der Waals surface area contributed by atoms with Gasteiger partial charge in [-0.1, -0.05) is 49.6 Å². The fourth-order valence-electron chi connectivity index (χ4n) is 3.75. The maximum Gasteiger partial charge on any atom is 0.275 e. The standard InChI is InChI=1S/C22H22BrN3O2/c23-20-18-8-4-5-9-19(18)22(28)26(25-20)14-15-10-12-16(13-11-15)21(27)24-17-6-2-1-3-7-17/h4-5,8-13,17H,1-3,6-7,14H2,(H,24,27). The molecular formula is C22H22BrN3O2. The lowest BCUT2D eigenvalue weighted by Gasteiger charge is -2.22. The van der Waals surface area contributed by atoms with E-state index in [4.69, 9.17) is 0 Å². The predicted octanol–water partition coefficient (Wildman–Crippen LogP) is 4.27. The number of nitrogens with one attached hydrogen (secondary N) is 1. The van der Waals surface area contributed by atoms with Gasteiger partial charge in [0.1, 0.15) is 4.60 Å². The molecule has 0 saturated heterocycles. The summed E-state index contributed by atoms with van der Waals surface area (Å²) in [5, 5.41) is 8.94. The summed E-state index contributed by atoms with van der Waals surface area (Å²) in [4.78, 5) is 25.1. The Morgan fingerprint density at radius 1 is 1.04 bits per heavy atom. The number of halogens is 1. The van der Waals surface area contributed by atoms with Crippen LogP contribution in [0.15, 0.2) is 57.9 Å². The molecule has 1 aliphatic rings. The summed E-state index contributed by atoms with van der Waals surface area (Å²) in [6.45, 7) is 0.354. The minimum Gasteiger partial charge on any atom is -0.349 e. The van der Waals surface area contributed by atoms with Gasteiger partial charge in [0.05, 0.1) is 11.9 Å². The van der Waals surface area contributed by atoms with Crippen LogP contribution in [0.2, 0.25) is 0 Å². The molecule has 144 valence electrons. The van der Waals surface area contributed by atoms with Gasteiger partial charge in [0, 0.05) is 17.0 Å². The first kappa shape index (κ1) is 18.9. The first-order valence-electron chi connectivity index (χ1n) is 9.67. The van der Waals surface area contributed by atoms with Gasteiger partial charge in [-0.2, -0.15) is 5.10 Å². The second-order valence-corrected chi connectivity index (χ2v) is 8.06. The molecule has 6 heteroatoms.